The summed E-state index contributed by atoms with van der Waals surface area (Å²) in [4.78, 5) is 31.5. The van der Waals surface area contributed by atoms with Gasteiger partial charge in [-0.05, 0) is 42.3 Å². The molecule has 1 aliphatic heterocycles. The molecule has 5 N–H and O–H groups in total. The molecular weight excluding hydrogens is 546 g/mol. The van der Waals surface area contributed by atoms with Gasteiger partial charge < -0.3 is 15.8 Å². The number of hydrogen-bond acceptors (Lipinski definition) is 8. The Labute approximate surface area is 239 Å². The van der Waals surface area contributed by atoms with Gasteiger partial charge in [-0.25, -0.2) is 13.5 Å². The Hall–Kier alpha value is -4.26. The molecule has 1 fully saturated rings. The molecule has 3 atom stereocenters. The summed E-state index contributed by atoms with van der Waals surface area (Å²) in [5.41, 5.74) is 8.68. The quantitative estimate of drug-likeness (QED) is 0.153. The van der Waals surface area contributed by atoms with E-state index in [0.717, 1.165) is 23.9 Å². The number of carbonyl (C=O) groups excluding carboxylic acids is 2. The predicted molar refractivity (Wildman–Crippen MR) is 154 cm³/mol. The number of amides is 1. The van der Waals surface area contributed by atoms with Crippen molar-refractivity contribution in [3.63, 3.8) is 0 Å². The Morgan fingerprint density at radius 2 is 1.80 bits per heavy atom. The maximum absolute atomic E-state index is 12.9. The number of rotatable bonds is 11. The summed E-state index contributed by atoms with van der Waals surface area (Å²) < 4.78 is 32.8. The van der Waals surface area contributed by atoms with Crippen LogP contribution in [-0.2, 0) is 29.2 Å². The average Bonchev–Trinajstić information content (AvgIpc) is 3.39. The molecule has 12 heteroatoms. The van der Waals surface area contributed by atoms with Crippen molar-refractivity contribution in [2.24, 2.45) is 5.73 Å². The van der Waals surface area contributed by atoms with Crippen LogP contribution in [0.5, 0.6) is 0 Å². The molecule has 0 aromatic heterocycles. The lowest BCUT2D eigenvalue weighted by Gasteiger charge is -2.25. The lowest BCUT2D eigenvalue weighted by molar-refractivity contribution is -0.142. The summed E-state index contributed by atoms with van der Waals surface area (Å²) in [7, 11) is -2.90. The minimum absolute atomic E-state index is 0.000431. The Bertz CT molecular complexity index is 1500. The number of carbonyl (C=O) groups is 2. The van der Waals surface area contributed by atoms with Crippen LogP contribution in [0.25, 0.3) is 0 Å². The van der Waals surface area contributed by atoms with E-state index in [1.165, 1.54) is 12.1 Å². The zero-order valence-electron chi connectivity index (χ0n) is 22.7. The van der Waals surface area contributed by atoms with Gasteiger partial charge in [-0.15, -0.1) is 0 Å². The zero-order valence-corrected chi connectivity index (χ0v) is 23.6. The van der Waals surface area contributed by atoms with E-state index >= 15 is 0 Å². The van der Waals surface area contributed by atoms with Crippen LogP contribution in [-0.4, -0.2) is 51.9 Å². The molecule has 0 aliphatic carbocycles. The molecule has 0 radical (unpaired) electrons. The Morgan fingerprint density at radius 1 is 1.10 bits per heavy atom. The van der Waals surface area contributed by atoms with Gasteiger partial charge >= 0.3 is 5.97 Å². The lowest BCUT2D eigenvalue weighted by Crippen LogP contribution is -2.49. The molecule has 1 saturated heterocycles. The minimum Gasteiger partial charge on any atom is -0.468 e. The SMILES string of the molecule is COC(=O)[C@H](CNC(=O)C[C@H]1C[C@@H](c2ccc(C(=N)N)cc2)N(c2ccccc2)O1)NS(=O)(=O)c1cccc(C)c1. The molecule has 1 aliphatic rings. The summed E-state index contributed by atoms with van der Waals surface area (Å²) in [6.45, 7) is 1.45. The van der Waals surface area contributed by atoms with Crippen molar-refractivity contribution in [1.82, 2.24) is 10.0 Å². The highest BCUT2D eigenvalue weighted by atomic mass is 32.2. The van der Waals surface area contributed by atoms with Crippen LogP contribution < -0.4 is 20.8 Å². The summed E-state index contributed by atoms with van der Waals surface area (Å²) >= 11 is 0. The van der Waals surface area contributed by atoms with E-state index in [-0.39, 0.29) is 29.7 Å². The van der Waals surface area contributed by atoms with Crippen molar-refractivity contribution >= 4 is 33.4 Å². The van der Waals surface area contributed by atoms with Crippen molar-refractivity contribution in [1.29, 1.82) is 5.41 Å². The standard InChI is InChI=1S/C29H33N5O6S/c1-19-7-6-10-24(15-19)41(37,38)33-25(29(36)39-2)18-32-27(35)17-23-16-26(20-11-13-21(14-12-20)28(30)31)34(40-23)22-8-4-3-5-9-22/h3-15,23,25-26,33H,16-18H2,1-2H3,(H3,30,31)(H,32,35)/t23-,25+,26+/m1/s1. The number of ether oxygens (including phenoxy) is 1. The third kappa shape index (κ3) is 7.48. The van der Waals surface area contributed by atoms with Gasteiger partial charge in [-0.2, -0.15) is 4.72 Å². The Morgan fingerprint density at radius 3 is 2.44 bits per heavy atom. The monoisotopic (exact) mass is 579 g/mol. The normalized spacial score (nSPS) is 17.6. The first-order valence-electron chi connectivity index (χ1n) is 13.0. The minimum atomic E-state index is -4.05. The Kier molecular flexibility index (Phi) is 9.38. The first-order valence-corrected chi connectivity index (χ1v) is 14.4. The number of benzene rings is 3. The number of nitrogen functional groups attached to an aromatic ring is 1. The zero-order chi connectivity index (χ0) is 29.6. The van der Waals surface area contributed by atoms with E-state index in [1.54, 1.807) is 36.3 Å². The van der Waals surface area contributed by atoms with E-state index in [2.05, 4.69) is 10.0 Å². The molecule has 3 aromatic carbocycles. The molecule has 0 unspecified atom stereocenters. The van der Waals surface area contributed by atoms with Crippen molar-refractivity contribution in [3.05, 3.63) is 95.6 Å². The number of sulfonamides is 1. The summed E-state index contributed by atoms with van der Waals surface area (Å²) in [6, 6.07) is 21.5. The fourth-order valence-corrected chi connectivity index (χ4v) is 5.85. The number of nitrogens with two attached hydrogens (primary N) is 1. The van der Waals surface area contributed by atoms with Gasteiger partial charge in [0.15, 0.2) is 0 Å². The first-order chi connectivity index (χ1) is 19.6. The molecule has 4 rings (SSSR count). The van der Waals surface area contributed by atoms with Crippen LogP contribution in [0.4, 0.5) is 5.69 Å². The second-order valence-electron chi connectivity index (χ2n) is 9.70. The summed E-state index contributed by atoms with van der Waals surface area (Å²) in [5.74, 6) is -1.28. The van der Waals surface area contributed by atoms with E-state index in [4.69, 9.17) is 20.7 Å². The van der Waals surface area contributed by atoms with Crippen LogP contribution in [0.3, 0.4) is 0 Å². The van der Waals surface area contributed by atoms with Gasteiger partial charge in [0.1, 0.15) is 11.9 Å². The fourth-order valence-electron chi connectivity index (χ4n) is 4.56. The average molecular weight is 580 g/mol. The van der Waals surface area contributed by atoms with Gasteiger partial charge in [0.05, 0.1) is 36.3 Å². The van der Waals surface area contributed by atoms with Crippen LogP contribution in [0.15, 0.2) is 83.8 Å². The van der Waals surface area contributed by atoms with E-state index in [1.807, 2.05) is 42.5 Å². The lowest BCUT2D eigenvalue weighted by atomic mass is 9.98. The number of esters is 1. The van der Waals surface area contributed by atoms with Gasteiger partial charge in [0.2, 0.25) is 15.9 Å². The smallest absolute Gasteiger partial charge is 0.325 e. The highest BCUT2D eigenvalue weighted by Crippen LogP contribution is 2.39. The molecule has 1 amide bonds. The second kappa shape index (κ2) is 12.9. The number of para-hydroxylation sites is 1. The van der Waals surface area contributed by atoms with Crippen LogP contribution in [0.1, 0.15) is 35.6 Å². The molecule has 216 valence electrons. The number of amidine groups is 1. The fraction of sp³-hybridized carbons (Fsp3) is 0.276. The summed E-state index contributed by atoms with van der Waals surface area (Å²) in [6.07, 6.45) is -0.0280. The molecule has 0 spiro atoms. The highest BCUT2D eigenvalue weighted by Gasteiger charge is 2.36. The first kappa shape index (κ1) is 29.7. The van der Waals surface area contributed by atoms with Crippen molar-refractivity contribution in [3.8, 4) is 0 Å². The third-order valence-corrected chi connectivity index (χ3v) is 8.12. The number of anilines is 1. The van der Waals surface area contributed by atoms with E-state index < -0.39 is 34.0 Å². The van der Waals surface area contributed by atoms with Crippen LogP contribution >= 0.6 is 0 Å². The largest absolute Gasteiger partial charge is 0.468 e. The van der Waals surface area contributed by atoms with Crippen molar-refractivity contribution < 1.29 is 27.6 Å². The number of hydroxylamine groups is 1. The topological polar surface area (TPSA) is 164 Å². The molecule has 3 aromatic rings. The number of nitrogens with zero attached hydrogens (tertiary/aromatic N) is 1. The predicted octanol–water partition coefficient (Wildman–Crippen LogP) is 2.56. The van der Waals surface area contributed by atoms with Crippen molar-refractivity contribution in [2.45, 2.75) is 42.8 Å². The van der Waals surface area contributed by atoms with E-state index in [0.29, 0.717) is 12.0 Å². The maximum Gasteiger partial charge on any atom is 0.325 e. The summed E-state index contributed by atoms with van der Waals surface area (Å²) in [5, 5.41) is 12.0. The molecule has 41 heavy (non-hydrogen) atoms. The van der Waals surface area contributed by atoms with Gasteiger partial charge in [0, 0.05) is 18.5 Å². The van der Waals surface area contributed by atoms with Crippen LogP contribution in [0.2, 0.25) is 0 Å². The Balaban J connectivity index is 1.43. The van der Waals surface area contributed by atoms with Gasteiger partial charge in [-0.1, -0.05) is 54.6 Å². The molecule has 0 saturated carbocycles. The molecule has 11 nitrogen and oxygen atoms in total. The number of nitrogens with one attached hydrogen (secondary N) is 3. The van der Waals surface area contributed by atoms with Gasteiger partial charge in [0.25, 0.3) is 0 Å². The second-order valence-corrected chi connectivity index (χ2v) is 11.4. The number of aryl methyl sites for hydroxylation is 1. The molecule has 1 heterocycles. The number of hydrogen-bond donors (Lipinski definition) is 4. The maximum atomic E-state index is 12.9. The van der Waals surface area contributed by atoms with E-state index in [9.17, 15) is 18.0 Å². The van der Waals surface area contributed by atoms with Gasteiger partial charge in [-0.3, -0.25) is 19.8 Å². The van der Waals surface area contributed by atoms with Crippen molar-refractivity contribution in [2.75, 3.05) is 18.7 Å². The highest BCUT2D eigenvalue weighted by molar-refractivity contribution is 7.89. The van der Waals surface area contributed by atoms with Crippen LogP contribution in [0, 0.1) is 12.3 Å². The number of methoxy groups -OCH3 is 1. The molecule has 0 bridgehead atoms. The third-order valence-electron chi connectivity index (χ3n) is 6.65. The molecular formula is C29H33N5O6S.